The van der Waals surface area contributed by atoms with Gasteiger partial charge in [0, 0.05) is 30.1 Å². The van der Waals surface area contributed by atoms with Gasteiger partial charge >= 0.3 is 0 Å². The van der Waals surface area contributed by atoms with Gasteiger partial charge in [0.25, 0.3) is 5.69 Å². The number of non-ortho nitro benzene ring substituents is 1. The number of benzene rings is 1. The van der Waals surface area contributed by atoms with Crippen molar-refractivity contribution < 1.29 is 9.45 Å². The predicted molar refractivity (Wildman–Crippen MR) is 78.1 cm³/mol. The minimum Gasteiger partial charge on any atom is -0.338 e. The van der Waals surface area contributed by atoms with Crippen molar-refractivity contribution in [2.75, 3.05) is 0 Å². The van der Waals surface area contributed by atoms with Crippen molar-refractivity contribution in [1.29, 1.82) is 0 Å². The summed E-state index contributed by atoms with van der Waals surface area (Å²) in [7, 11) is 0. The fourth-order valence-corrected chi connectivity index (χ4v) is 2.06. The average Bonchev–Trinajstić information content (AvgIpc) is 3.05. The van der Waals surface area contributed by atoms with E-state index in [1.807, 2.05) is 6.92 Å². The lowest BCUT2D eigenvalue weighted by molar-refractivity contribution is -0.384. The number of rotatable bonds is 4. The summed E-state index contributed by atoms with van der Waals surface area (Å²) < 4.78 is 5.30. The van der Waals surface area contributed by atoms with Crippen molar-refractivity contribution in [3.8, 4) is 11.4 Å². The van der Waals surface area contributed by atoms with Gasteiger partial charge in [0.1, 0.15) is 0 Å². The Morgan fingerprint density at radius 2 is 1.82 bits per heavy atom. The highest BCUT2D eigenvalue weighted by Gasteiger charge is 2.18. The summed E-state index contributed by atoms with van der Waals surface area (Å²) in [6, 6.07) is 9.91. The number of nitro groups is 1. The first kappa shape index (κ1) is 13.9. The third-order valence-corrected chi connectivity index (χ3v) is 3.35. The maximum Gasteiger partial charge on any atom is 0.269 e. The maximum atomic E-state index is 10.7. The van der Waals surface area contributed by atoms with Gasteiger partial charge in [-0.05, 0) is 24.6 Å². The third kappa shape index (κ3) is 2.69. The standard InChI is InChI=1S/C15H12N4O3/c1-10(11-2-4-13(5-3-11)19(20)21)15-17-14(18-22-15)12-6-8-16-9-7-12/h2-10H,1H3/t10-/m0/s1. The summed E-state index contributed by atoms with van der Waals surface area (Å²) in [5.41, 5.74) is 1.75. The van der Waals surface area contributed by atoms with Gasteiger partial charge in [-0.1, -0.05) is 17.3 Å². The Morgan fingerprint density at radius 3 is 2.45 bits per heavy atom. The molecule has 1 aromatic carbocycles. The molecular weight excluding hydrogens is 284 g/mol. The summed E-state index contributed by atoms with van der Waals surface area (Å²) in [5, 5.41) is 14.6. The first-order valence-corrected chi connectivity index (χ1v) is 6.63. The predicted octanol–water partition coefficient (Wildman–Crippen LogP) is 3.19. The number of aromatic nitrogens is 3. The zero-order chi connectivity index (χ0) is 15.5. The topological polar surface area (TPSA) is 95.0 Å². The highest BCUT2D eigenvalue weighted by atomic mass is 16.6. The molecule has 1 atom stereocenters. The number of pyridine rings is 1. The van der Waals surface area contributed by atoms with Crippen LogP contribution in [0, 0.1) is 10.1 Å². The van der Waals surface area contributed by atoms with Gasteiger partial charge in [-0.25, -0.2) is 0 Å². The highest BCUT2D eigenvalue weighted by Crippen LogP contribution is 2.26. The first-order chi connectivity index (χ1) is 10.6. The number of hydrogen-bond donors (Lipinski definition) is 0. The Balaban J connectivity index is 1.85. The van der Waals surface area contributed by atoms with E-state index in [9.17, 15) is 10.1 Å². The van der Waals surface area contributed by atoms with E-state index >= 15 is 0 Å². The van der Waals surface area contributed by atoms with Crippen LogP contribution < -0.4 is 0 Å². The first-order valence-electron chi connectivity index (χ1n) is 6.63. The Bertz CT molecular complexity index is 784. The van der Waals surface area contributed by atoms with Gasteiger partial charge in [-0.15, -0.1) is 0 Å². The van der Waals surface area contributed by atoms with E-state index < -0.39 is 4.92 Å². The van der Waals surface area contributed by atoms with E-state index in [-0.39, 0.29) is 11.6 Å². The molecule has 110 valence electrons. The molecule has 0 saturated carbocycles. The fraction of sp³-hybridized carbons (Fsp3) is 0.133. The Hall–Kier alpha value is -3.09. The molecule has 0 unspecified atom stereocenters. The van der Waals surface area contributed by atoms with E-state index in [4.69, 9.17) is 4.52 Å². The van der Waals surface area contributed by atoms with Crippen LogP contribution in [-0.2, 0) is 0 Å². The molecule has 2 heterocycles. The van der Waals surface area contributed by atoms with Crippen molar-refractivity contribution in [3.63, 3.8) is 0 Å². The summed E-state index contributed by atoms with van der Waals surface area (Å²) >= 11 is 0. The smallest absolute Gasteiger partial charge is 0.269 e. The van der Waals surface area contributed by atoms with E-state index in [1.165, 1.54) is 12.1 Å². The summed E-state index contributed by atoms with van der Waals surface area (Å²) in [5.74, 6) is 0.802. The molecular formula is C15H12N4O3. The normalized spacial score (nSPS) is 12.0. The van der Waals surface area contributed by atoms with E-state index in [2.05, 4.69) is 15.1 Å². The molecule has 22 heavy (non-hydrogen) atoms. The fourth-order valence-electron chi connectivity index (χ4n) is 2.06. The highest BCUT2D eigenvalue weighted by molar-refractivity contribution is 5.52. The van der Waals surface area contributed by atoms with Crippen LogP contribution in [0.5, 0.6) is 0 Å². The molecule has 7 nitrogen and oxygen atoms in total. The van der Waals surface area contributed by atoms with Crippen LogP contribution in [-0.4, -0.2) is 20.0 Å². The summed E-state index contributed by atoms with van der Waals surface area (Å²) in [4.78, 5) is 18.6. The number of nitrogens with zero attached hydrogens (tertiary/aromatic N) is 4. The van der Waals surface area contributed by atoms with Gasteiger partial charge in [-0.3, -0.25) is 15.1 Å². The van der Waals surface area contributed by atoms with Gasteiger partial charge in [0.05, 0.1) is 10.8 Å². The molecule has 3 rings (SSSR count). The molecule has 0 aliphatic carbocycles. The zero-order valence-electron chi connectivity index (χ0n) is 11.7. The van der Waals surface area contributed by atoms with Crippen LogP contribution >= 0.6 is 0 Å². The van der Waals surface area contributed by atoms with Crippen LogP contribution in [0.2, 0.25) is 0 Å². The van der Waals surface area contributed by atoms with Gasteiger partial charge in [0.15, 0.2) is 0 Å². The van der Waals surface area contributed by atoms with E-state index in [0.717, 1.165) is 11.1 Å². The quantitative estimate of drug-likeness (QED) is 0.542. The minimum atomic E-state index is -0.428. The molecule has 0 radical (unpaired) electrons. The zero-order valence-corrected chi connectivity index (χ0v) is 11.7. The second-order valence-electron chi connectivity index (χ2n) is 4.76. The molecule has 2 aromatic heterocycles. The Labute approximate surface area is 125 Å². The molecule has 0 saturated heterocycles. The van der Waals surface area contributed by atoms with Gasteiger partial charge < -0.3 is 4.52 Å². The monoisotopic (exact) mass is 296 g/mol. The molecule has 0 amide bonds. The molecule has 3 aromatic rings. The average molecular weight is 296 g/mol. The van der Waals surface area contributed by atoms with Gasteiger partial charge in [-0.2, -0.15) is 4.98 Å². The summed E-state index contributed by atoms with van der Waals surface area (Å²) in [6.45, 7) is 1.91. The lowest BCUT2D eigenvalue weighted by Crippen LogP contribution is -1.97. The Kier molecular flexibility index (Phi) is 3.61. The molecule has 0 fully saturated rings. The molecule has 0 aliphatic rings. The van der Waals surface area contributed by atoms with Crippen molar-refractivity contribution in [3.05, 3.63) is 70.4 Å². The van der Waals surface area contributed by atoms with Crippen molar-refractivity contribution >= 4 is 5.69 Å². The number of nitro benzene ring substituents is 1. The second kappa shape index (κ2) is 5.72. The lowest BCUT2D eigenvalue weighted by atomic mass is 10.0. The second-order valence-corrected chi connectivity index (χ2v) is 4.76. The van der Waals surface area contributed by atoms with Crippen LogP contribution in [0.15, 0.2) is 53.3 Å². The third-order valence-electron chi connectivity index (χ3n) is 3.35. The van der Waals surface area contributed by atoms with Crippen LogP contribution in [0.4, 0.5) is 5.69 Å². The SMILES string of the molecule is C[C@@H](c1ccc([N+](=O)[O-])cc1)c1nc(-c2ccncc2)no1. The van der Waals surface area contributed by atoms with E-state index in [1.54, 1.807) is 36.7 Å². The molecule has 0 aliphatic heterocycles. The maximum absolute atomic E-state index is 10.7. The van der Waals surface area contributed by atoms with Crippen molar-refractivity contribution in [1.82, 2.24) is 15.1 Å². The van der Waals surface area contributed by atoms with Crippen molar-refractivity contribution in [2.45, 2.75) is 12.8 Å². The lowest BCUT2D eigenvalue weighted by Gasteiger charge is -2.05. The van der Waals surface area contributed by atoms with Gasteiger partial charge in [0.2, 0.25) is 11.7 Å². The molecule has 7 heteroatoms. The largest absolute Gasteiger partial charge is 0.338 e. The van der Waals surface area contributed by atoms with Crippen molar-refractivity contribution in [2.24, 2.45) is 0 Å². The number of hydrogen-bond acceptors (Lipinski definition) is 6. The van der Waals surface area contributed by atoms with Crippen LogP contribution in [0.1, 0.15) is 24.3 Å². The molecule has 0 spiro atoms. The van der Waals surface area contributed by atoms with Crippen LogP contribution in [0.25, 0.3) is 11.4 Å². The minimum absolute atomic E-state index is 0.0546. The molecule has 0 bridgehead atoms. The summed E-state index contributed by atoms with van der Waals surface area (Å²) in [6.07, 6.45) is 3.32. The van der Waals surface area contributed by atoms with Crippen LogP contribution in [0.3, 0.4) is 0 Å². The molecule has 0 N–H and O–H groups in total. The van der Waals surface area contributed by atoms with E-state index in [0.29, 0.717) is 11.7 Å². The Morgan fingerprint density at radius 1 is 1.14 bits per heavy atom.